The Kier molecular flexibility index (Phi) is 2.87. The van der Waals surface area contributed by atoms with E-state index in [1.807, 2.05) is 7.05 Å². The van der Waals surface area contributed by atoms with Gasteiger partial charge in [-0.05, 0) is 16.8 Å². The van der Waals surface area contributed by atoms with Gasteiger partial charge in [-0.1, -0.05) is 13.3 Å². The predicted molar refractivity (Wildman–Crippen MR) is 45.4 cm³/mol. The SMILES string of the molecule is CCCC(S)c1nnnn1C. The first-order valence-corrected chi connectivity index (χ1v) is 4.17. The largest absolute Gasteiger partial charge is 0.232 e. The Bertz CT molecular complexity index is 222. The van der Waals surface area contributed by atoms with E-state index in [4.69, 9.17) is 0 Å². The van der Waals surface area contributed by atoms with Gasteiger partial charge in [-0.15, -0.1) is 5.10 Å². The summed E-state index contributed by atoms with van der Waals surface area (Å²) in [6.07, 6.45) is 2.11. The summed E-state index contributed by atoms with van der Waals surface area (Å²) in [4.78, 5) is 0. The van der Waals surface area contributed by atoms with E-state index < -0.39 is 0 Å². The minimum absolute atomic E-state index is 0.167. The lowest BCUT2D eigenvalue weighted by atomic mass is 10.2. The van der Waals surface area contributed by atoms with Gasteiger partial charge >= 0.3 is 0 Å². The van der Waals surface area contributed by atoms with E-state index in [0.717, 1.165) is 18.7 Å². The average Bonchev–Trinajstić information content (AvgIpc) is 2.36. The zero-order valence-corrected chi connectivity index (χ0v) is 7.62. The van der Waals surface area contributed by atoms with Gasteiger partial charge in [-0.3, -0.25) is 0 Å². The molecule has 1 aromatic rings. The molecule has 1 aromatic heterocycles. The van der Waals surface area contributed by atoms with Gasteiger partial charge in [0.1, 0.15) is 0 Å². The van der Waals surface area contributed by atoms with Crippen LogP contribution in [0.15, 0.2) is 0 Å². The Morgan fingerprint density at radius 3 is 2.82 bits per heavy atom. The highest BCUT2D eigenvalue weighted by Crippen LogP contribution is 2.21. The summed E-state index contributed by atoms with van der Waals surface area (Å²) in [5, 5.41) is 11.3. The van der Waals surface area contributed by atoms with Gasteiger partial charge in [-0.25, -0.2) is 4.68 Å². The zero-order valence-electron chi connectivity index (χ0n) is 6.73. The van der Waals surface area contributed by atoms with E-state index in [-0.39, 0.29) is 5.25 Å². The van der Waals surface area contributed by atoms with E-state index in [0.29, 0.717) is 0 Å². The molecule has 1 heterocycles. The summed E-state index contributed by atoms with van der Waals surface area (Å²) in [7, 11) is 1.83. The number of hydrogen-bond acceptors (Lipinski definition) is 4. The van der Waals surface area contributed by atoms with Gasteiger partial charge in [0, 0.05) is 7.05 Å². The average molecular weight is 172 g/mol. The first-order valence-electron chi connectivity index (χ1n) is 3.66. The molecule has 0 aromatic carbocycles. The molecule has 0 fully saturated rings. The summed E-state index contributed by atoms with van der Waals surface area (Å²) < 4.78 is 1.66. The maximum absolute atomic E-state index is 4.37. The maximum Gasteiger partial charge on any atom is 0.163 e. The minimum atomic E-state index is 0.167. The van der Waals surface area contributed by atoms with Crippen molar-refractivity contribution >= 4 is 12.6 Å². The highest BCUT2D eigenvalue weighted by Gasteiger charge is 2.11. The molecule has 11 heavy (non-hydrogen) atoms. The number of nitrogens with zero attached hydrogens (tertiary/aromatic N) is 4. The van der Waals surface area contributed by atoms with E-state index in [2.05, 4.69) is 35.1 Å². The van der Waals surface area contributed by atoms with Crippen molar-refractivity contribution in [1.29, 1.82) is 0 Å². The number of rotatable bonds is 3. The lowest BCUT2D eigenvalue weighted by Crippen LogP contribution is -2.02. The van der Waals surface area contributed by atoms with Crippen molar-refractivity contribution in [2.24, 2.45) is 7.05 Å². The summed E-state index contributed by atoms with van der Waals surface area (Å²) in [5.74, 6) is 0.843. The van der Waals surface area contributed by atoms with Crippen LogP contribution in [0.4, 0.5) is 0 Å². The van der Waals surface area contributed by atoms with Gasteiger partial charge in [0.15, 0.2) is 5.82 Å². The number of hydrogen-bond donors (Lipinski definition) is 1. The molecule has 0 spiro atoms. The first-order chi connectivity index (χ1) is 5.25. The topological polar surface area (TPSA) is 43.6 Å². The first kappa shape index (κ1) is 8.52. The van der Waals surface area contributed by atoms with Crippen molar-refractivity contribution in [3.63, 3.8) is 0 Å². The zero-order chi connectivity index (χ0) is 8.27. The third kappa shape index (κ3) is 1.92. The van der Waals surface area contributed by atoms with Gasteiger partial charge in [0.2, 0.25) is 0 Å². The lowest BCUT2D eigenvalue weighted by Gasteiger charge is -2.05. The van der Waals surface area contributed by atoms with Crippen LogP contribution in [0.25, 0.3) is 0 Å². The monoisotopic (exact) mass is 172 g/mol. The molecule has 0 radical (unpaired) electrons. The lowest BCUT2D eigenvalue weighted by molar-refractivity contribution is 0.648. The molecule has 0 aliphatic rings. The number of aryl methyl sites for hydroxylation is 1. The molecule has 0 aliphatic carbocycles. The maximum atomic E-state index is 4.37. The smallest absolute Gasteiger partial charge is 0.163 e. The molecule has 0 bridgehead atoms. The number of thiol groups is 1. The molecule has 5 heteroatoms. The molecule has 1 rings (SSSR count). The minimum Gasteiger partial charge on any atom is -0.232 e. The third-order valence-electron chi connectivity index (χ3n) is 1.51. The van der Waals surface area contributed by atoms with Crippen molar-refractivity contribution in [1.82, 2.24) is 20.2 Å². The number of aromatic nitrogens is 4. The fraction of sp³-hybridized carbons (Fsp3) is 0.833. The van der Waals surface area contributed by atoms with Gasteiger partial charge in [0.25, 0.3) is 0 Å². The van der Waals surface area contributed by atoms with Crippen LogP contribution in [0.5, 0.6) is 0 Å². The molecule has 1 unspecified atom stereocenters. The highest BCUT2D eigenvalue weighted by molar-refractivity contribution is 7.80. The number of tetrazole rings is 1. The molecular weight excluding hydrogens is 160 g/mol. The van der Waals surface area contributed by atoms with Crippen molar-refractivity contribution in [2.45, 2.75) is 25.0 Å². The molecule has 0 N–H and O–H groups in total. The summed E-state index contributed by atoms with van der Waals surface area (Å²) in [5.41, 5.74) is 0. The van der Waals surface area contributed by atoms with E-state index >= 15 is 0 Å². The summed E-state index contributed by atoms with van der Waals surface area (Å²) in [6.45, 7) is 2.12. The molecule has 4 nitrogen and oxygen atoms in total. The van der Waals surface area contributed by atoms with Gasteiger partial charge in [-0.2, -0.15) is 12.6 Å². The Morgan fingerprint density at radius 2 is 2.36 bits per heavy atom. The van der Waals surface area contributed by atoms with Gasteiger partial charge < -0.3 is 0 Å². The standard InChI is InChI=1S/C6H12N4S/c1-3-4-5(11)6-7-8-9-10(6)2/h5,11H,3-4H2,1-2H3. The van der Waals surface area contributed by atoms with Crippen LogP contribution in [0.3, 0.4) is 0 Å². The second-order valence-electron chi connectivity index (χ2n) is 2.47. The van der Waals surface area contributed by atoms with Gasteiger partial charge in [0.05, 0.1) is 5.25 Å². The van der Waals surface area contributed by atoms with Crippen molar-refractivity contribution in [3.8, 4) is 0 Å². The Hall–Kier alpha value is -0.580. The van der Waals surface area contributed by atoms with Crippen LogP contribution in [-0.4, -0.2) is 20.2 Å². The molecule has 0 amide bonds. The highest BCUT2D eigenvalue weighted by atomic mass is 32.1. The molecule has 0 saturated heterocycles. The van der Waals surface area contributed by atoms with Crippen LogP contribution in [-0.2, 0) is 7.05 Å². The van der Waals surface area contributed by atoms with Crippen molar-refractivity contribution in [2.75, 3.05) is 0 Å². The van der Waals surface area contributed by atoms with E-state index in [9.17, 15) is 0 Å². The van der Waals surface area contributed by atoms with Crippen molar-refractivity contribution in [3.05, 3.63) is 5.82 Å². The summed E-state index contributed by atoms with van der Waals surface area (Å²) in [6, 6.07) is 0. The van der Waals surface area contributed by atoms with Crippen LogP contribution in [0.1, 0.15) is 30.8 Å². The Labute approximate surface area is 71.4 Å². The summed E-state index contributed by atoms with van der Waals surface area (Å²) >= 11 is 4.37. The molecule has 0 saturated carbocycles. The Balaban J connectivity index is 2.67. The van der Waals surface area contributed by atoms with E-state index in [1.165, 1.54) is 0 Å². The normalized spacial score (nSPS) is 13.4. The quantitative estimate of drug-likeness (QED) is 0.691. The molecular formula is C6H12N4S. The third-order valence-corrected chi connectivity index (χ3v) is 2.00. The van der Waals surface area contributed by atoms with Crippen molar-refractivity contribution < 1.29 is 0 Å². The second kappa shape index (κ2) is 3.71. The fourth-order valence-electron chi connectivity index (χ4n) is 0.921. The van der Waals surface area contributed by atoms with E-state index in [1.54, 1.807) is 4.68 Å². The van der Waals surface area contributed by atoms with Crippen LogP contribution < -0.4 is 0 Å². The van der Waals surface area contributed by atoms with Crippen LogP contribution in [0, 0.1) is 0 Å². The Morgan fingerprint density at radius 1 is 1.64 bits per heavy atom. The molecule has 1 atom stereocenters. The van der Waals surface area contributed by atoms with Crippen LogP contribution in [0.2, 0.25) is 0 Å². The molecule has 0 aliphatic heterocycles. The fourth-order valence-corrected chi connectivity index (χ4v) is 1.40. The second-order valence-corrected chi connectivity index (χ2v) is 3.09. The van der Waals surface area contributed by atoms with Crippen LogP contribution >= 0.6 is 12.6 Å². The predicted octanol–water partition coefficient (Wildman–Crippen LogP) is 0.981. The molecule has 62 valence electrons.